The fourth-order valence-corrected chi connectivity index (χ4v) is 6.05. The number of para-hydroxylation sites is 1. The van der Waals surface area contributed by atoms with Gasteiger partial charge in [-0.2, -0.15) is 0 Å². The zero-order valence-electron chi connectivity index (χ0n) is 21.4. The Morgan fingerprint density at radius 1 is 1.00 bits per heavy atom. The van der Waals surface area contributed by atoms with E-state index in [1.807, 2.05) is 36.4 Å². The van der Waals surface area contributed by atoms with E-state index in [4.69, 9.17) is 35.4 Å². The van der Waals surface area contributed by atoms with E-state index in [0.29, 0.717) is 21.6 Å². The van der Waals surface area contributed by atoms with Gasteiger partial charge in [-0.25, -0.2) is 4.39 Å². The van der Waals surface area contributed by atoms with Gasteiger partial charge in [-0.05, 0) is 79.8 Å². The maximum absolute atomic E-state index is 13.4. The molecule has 6 rings (SSSR count). The van der Waals surface area contributed by atoms with Crippen molar-refractivity contribution in [1.82, 2.24) is 8.97 Å². The van der Waals surface area contributed by atoms with E-state index in [0.717, 1.165) is 70.9 Å². The molecular formula is C31H27Cl2FN4S. The molecule has 0 saturated heterocycles. The van der Waals surface area contributed by atoms with E-state index in [9.17, 15) is 4.39 Å². The van der Waals surface area contributed by atoms with E-state index in [2.05, 4.69) is 38.8 Å². The summed E-state index contributed by atoms with van der Waals surface area (Å²) in [6.07, 6.45) is 5.24. The second-order valence-electron chi connectivity index (χ2n) is 9.88. The Kier molecular flexibility index (Phi) is 7.10. The predicted molar refractivity (Wildman–Crippen MR) is 164 cm³/mol. The van der Waals surface area contributed by atoms with Crippen molar-refractivity contribution in [2.45, 2.75) is 39.3 Å². The molecule has 0 saturated carbocycles. The summed E-state index contributed by atoms with van der Waals surface area (Å²) in [4.78, 5) is 0.641. The lowest BCUT2D eigenvalue weighted by molar-refractivity contribution is 0.625. The number of hydrogen-bond acceptors (Lipinski definition) is 2. The first-order chi connectivity index (χ1) is 18.9. The van der Waals surface area contributed by atoms with Gasteiger partial charge in [-0.15, -0.1) is 0 Å². The number of imidazole rings is 1. The Balaban J connectivity index is 1.51. The predicted octanol–water partition coefficient (Wildman–Crippen LogP) is 8.90. The van der Waals surface area contributed by atoms with Gasteiger partial charge in [0.25, 0.3) is 0 Å². The number of halogens is 3. The van der Waals surface area contributed by atoms with Crippen LogP contribution in [0.1, 0.15) is 35.4 Å². The number of aryl methyl sites for hydroxylation is 3. The highest BCUT2D eigenvalue weighted by Crippen LogP contribution is 2.40. The molecule has 2 aromatic heterocycles. The molecule has 0 fully saturated rings. The molecule has 8 heteroatoms. The summed E-state index contributed by atoms with van der Waals surface area (Å²) in [6, 6.07) is 20.4. The number of benzene rings is 3. The van der Waals surface area contributed by atoms with Gasteiger partial charge in [0.1, 0.15) is 16.5 Å². The van der Waals surface area contributed by atoms with Crippen molar-refractivity contribution in [3.05, 3.63) is 111 Å². The van der Waals surface area contributed by atoms with Crippen LogP contribution in [0.4, 0.5) is 15.8 Å². The second-order valence-corrected chi connectivity index (χ2v) is 11.1. The van der Waals surface area contributed by atoms with Crippen LogP contribution in [0.5, 0.6) is 0 Å². The summed E-state index contributed by atoms with van der Waals surface area (Å²) in [6.45, 7) is 3.58. The van der Waals surface area contributed by atoms with E-state index < -0.39 is 0 Å². The quantitative estimate of drug-likeness (QED) is 0.198. The molecule has 0 spiro atoms. The number of hydrogen-bond donors (Lipinski definition) is 2. The Bertz CT molecular complexity index is 1700. The highest BCUT2D eigenvalue weighted by atomic mass is 35.5. The molecule has 0 unspecified atom stereocenters. The van der Waals surface area contributed by atoms with Crippen LogP contribution in [-0.4, -0.2) is 14.0 Å². The third-order valence-electron chi connectivity index (χ3n) is 7.35. The molecule has 3 aromatic carbocycles. The Labute approximate surface area is 242 Å². The molecule has 4 nitrogen and oxygen atoms in total. The maximum atomic E-state index is 13.4. The SMILES string of the molecule is Cc1ccccc1NC(=S)c1c(-c2ccc(Cl)c(Cl)c2)c2c3n(c(CNc4ccc(F)cc4)cn13)CCCC2. The van der Waals surface area contributed by atoms with Gasteiger partial charge in [0.2, 0.25) is 0 Å². The van der Waals surface area contributed by atoms with Crippen LogP contribution in [0.25, 0.3) is 16.8 Å². The van der Waals surface area contributed by atoms with E-state index in [1.165, 1.54) is 17.7 Å². The molecule has 39 heavy (non-hydrogen) atoms. The summed E-state index contributed by atoms with van der Waals surface area (Å²) >= 11 is 18.9. The minimum atomic E-state index is -0.247. The van der Waals surface area contributed by atoms with Gasteiger partial charge in [0, 0.05) is 35.2 Å². The molecule has 198 valence electrons. The Hall–Kier alpha value is -3.32. The largest absolute Gasteiger partial charge is 0.379 e. The normalized spacial score (nSPS) is 12.9. The van der Waals surface area contributed by atoms with E-state index in [-0.39, 0.29) is 5.82 Å². The fourth-order valence-electron chi connectivity index (χ4n) is 5.44. The van der Waals surface area contributed by atoms with Crippen LogP contribution in [0, 0.1) is 12.7 Å². The molecular weight excluding hydrogens is 550 g/mol. The third kappa shape index (κ3) is 4.93. The standard InChI is InChI=1S/C31H27Cl2FN4S/c1-19-6-2-3-8-27(19)36-30(39)29-28(20-9-14-25(32)26(33)16-20)24-7-4-5-15-37-23(18-38(29)31(24)37)17-35-22-12-10-21(34)11-13-22/h2-3,6,8-14,16,18,35H,4-5,7,15,17H2,1H3,(H,36,39). The lowest BCUT2D eigenvalue weighted by Crippen LogP contribution is -2.15. The first-order valence-corrected chi connectivity index (χ1v) is 14.1. The van der Waals surface area contributed by atoms with Crippen molar-refractivity contribution in [2.24, 2.45) is 0 Å². The van der Waals surface area contributed by atoms with Crippen molar-refractivity contribution in [3.8, 4) is 11.1 Å². The van der Waals surface area contributed by atoms with Crippen molar-refractivity contribution in [3.63, 3.8) is 0 Å². The van der Waals surface area contributed by atoms with Gasteiger partial charge >= 0.3 is 0 Å². The van der Waals surface area contributed by atoms with Crippen molar-refractivity contribution >= 4 is 57.4 Å². The first-order valence-electron chi connectivity index (χ1n) is 13.0. The molecule has 3 heterocycles. The summed E-state index contributed by atoms with van der Waals surface area (Å²) in [5, 5.41) is 8.00. The number of thiocarbonyl (C=S) groups is 1. The number of rotatable bonds is 6. The van der Waals surface area contributed by atoms with Gasteiger partial charge < -0.3 is 15.2 Å². The summed E-state index contributed by atoms with van der Waals surface area (Å²) in [5.41, 5.74) is 9.51. The fraction of sp³-hybridized carbons (Fsp3) is 0.194. The lowest BCUT2D eigenvalue weighted by atomic mass is 9.98. The molecule has 0 atom stereocenters. The Morgan fingerprint density at radius 2 is 1.79 bits per heavy atom. The zero-order chi connectivity index (χ0) is 27.1. The molecule has 5 aromatic rings. The topological polar surface area (TPSA) is 33.4 Å². The highest BCUT2D eigenvalue weighted by molar-refractivity contribution is 7.81. The van der Waals surface area contributed by atoms with Crippen LogP contribution in [-0.2, 0) is 19.5 Å². The van der Waals surface area contributed by atoms with Crippen LogP contribution in [0.15, 0.2) is 72.9 Å². The second kappa shape index (κ2) is 10.7. The maximum Gasteiger partial charge on any atom is 0.128 e. The molecule has 1 aliphatic heterocycles. The third-order valence-corrected chi connectivity index (χ3v) is 8.39. The number of nitrogens with zero attached hydrogens (tertiary/aromatic N) is 2. The van der Waals surface area contributed by atoms with Crippen LogP contribution in [0.3, 0.4) is 0 Å². The number of aromatic nitrogens is 2. The minimum absolute atomic E-state index is 0.247. The smallest absolute Gasteiger partial charge is 0.128 e. The monoisotopic (exact) mass is 576 g/mol. The lowest BCUT2D eigenvalue weighted by Gasteiger charge is -2.14. The number of nitrogens with one attached hydrogen (secondary N) is 2. The van der Waals surface area contributed by atoms with E-state index in [1.54, 1.807) is 12.1 Å². The van der Waals surface area contributed by atoms with Crippen LogP contribution < -0.4 is 10.6 Å². The van der Waals surface area contributed by atoms with Gasteiger partial charge in [-0.1, -0.05) is 59.7 Å². The number of anilines is 2. The summed E-state index contributed by atoms with van der Waals surface area (Å²) < 4.78 is 18.0. The van der Waals surface area contributed by atoms with Gasteiger partial charge in [0.15, 0.2) is 0 Å². The first kappa shape index (κ1) is 25.9. The van der Waals surface area contributed by atoms with Gasteiger partial charge in [-0.3, -0.25) is 4.40 Å². The van der Waals surface area contributed by atoms with Crippen LogP contribution in [0.2, 0.25) is 10.0 Å². The van der Waals surface area contributed by atoms with Crippen molar-refractivity contribution in [2.75, 3.05) is 10.6 Å². The van der Waals surface area contributed by atoms with Gasteiger partial charge in [0.05, 0.1) is 28.0 Å². The molecule has 0 aliphatic carbocycles. The molecule has 1 aliphatic rings. The molecule has 0 amide bonds. The average molecular weight is 578 g/mol. The minimum Gasteiger partial charge on any atom is -0.379 e. The summed E-state index contributed by atoms with van der Waals surface area (Å²) in [7, 11) is 0. The van der Waals surface area contributed by atoms with Crippen molar-refractivity contribution < 1.29 is 4.39 Å². The molecule has 2 N–H and O–H groups in total. The average Bonchev–Trinajstić information content (AvgIpc) is 3.33. The van der Waals surface area contributed by atoms with E-state index >= 15 is 0 Å². The molecule has 0 radical (unpaired) electrons. The highest BCUT2D eigenvalue weighted by Gasteiger charge is 2.28. The molecule has 0 bridgehead atoms. The van der Waals surface area contributed by atoms with Crippen LogP contribution >= 0.6 is 35.4 Å². The summed E-state index contributed by atoms with van der Waals surface area (Å²) in [5.74, 6) is -0.247. The zero-order valence-corrected chi connectivity index (χ0v) is 23.7. The Morgan fingerprint density at radius 3 is 2.56 bits per heavy atom. The van der Waals surface area contributed by atoms with Crippen molar-refractivity contribution in [1.29, 1.82) is 0 Å².